The third-order valence-electron chi connectivity index (χ3n) is 3.50. The van der Waals surface area contributed by atoms with Gasteiger partial charge in [-0.1, -0.05) is 12.1 Å². The number of nitrogens with zero attached hydrogens (tertiary/aromatic N) is 2. The molecule has 7 heteroatoms. The van der Waals surface area contributed by atoms with E-state index in [0.29, 0.717) is 0 Å². The fraction of sp³-hybridized carbons (Fsp3) is 0.0667. The molecular formula is C15H9FN2O4. The molecule has 0 aromatic heterocycles. The number of nitro benzene ring substituents is 1. The molecule has 2 amide bonds. The fourth-order valence-electron chi connectivity index (χ4n) is 2.44. The number of carbonyl (C=O) groups excluding carboxylic acids is 2. The van der Waals surface area contributed by atoms with Gasteiger partial charge in [-0.25, -0.2) is 4.90 Å². The minimum absolute atomic E-state index is 0.00861. The molecule has 0 atom stereocenters. The van der Waals surface area contributed by atoms with Gasteiger partial charge in [-0.2, -0.15) is 4.39 Å². The summed E-state index contributed by atoms with van der Waals surface area (Å²) in [5, 5.41) is 10.7. The van der Waals surface area contributed by atoms with Crippen molar-refractivity contribution in [2.45, 2.75) is 6.92 Å². The van der Waals surface area contributed by atoms with Crippen LogP contribution in [0.4, 0.5) is 15.8 Å². The number of aryl methyl sites for hydroxylation is 1. The first-order valence-corrected chi connectivity index (χ1v) is 6.34. The summed E-state index contributed by atoms with van der Waals surface area (Å²) < 4.78 is 13.8. The van der Waals surface area contributed by atoms with Crippen LogP contribution in [0.2, 0.25) is 0 Å². The molecule has 0 fully saturated rings. The van der Waals surface area contributed by atoms with Crippen molar-refractivity contribution in [3.8, 4) is 0 Å². The number of halogens is 1. The van der Waals surface area contributed by atoms with E-state index < -0.39 is 28.2 Å². The van der Waals surface area contributed by atoms with Crippen LogP contribution in [0, 0.1) is 22.9 Å². The zero-order chi connectivity index (χ0) is 16.0. The average molecular weight is 300 g/mol. The highest BCUT2D eigenvalue weighted by atomic mass is 19.1. The van der Waals surface area contributed by atoms with Gasteiger partial charge in [0.2, 0.25) is 5.82 Å². The Kier molecular flexibility index (Phi) is 2.98. The van der Waals surface area contributed by atoms with Gasteiger partial charge in [0, 0.05) is 12.1 Å². The average Bonchev–Trinajstić information content (AvgIpc) is 2.73. The van der Waals surface area contributed by atoms with E-state index in [-0.39, 0.29) is 22.4 Å². The number of benzene rings is 2. The first-order chi connectivity index (χ1) is 10.4. The first-order valence-electron chi connectivity index (χ1n) is 6.34. The number of hydrogen-bond donors (Lipinski definition) is 0. The van der Waals surface area contributed by atoms with Crippen LogP contribution in [0.1, 0.15) is 26.3 Å². The van der Waals surface area contributed by atoms with Crippen LogP contribution >= 0.6 is 0 Å². The molecule has 3 rings (SSSR count). The third kappa shape index (κ3) is 1.86. The van der Waals surface area contributed by atoms with E-state index in [1.165, 1.54) is 19.1 Å². The summed E-state index contributed by atoms with van der Waals surface area (Å²) in [4.78, 5) is 35.4. The Bertz CT molecular complexity index is 812. The summed E-state index contributed by atoms with van der Waals surface area (Å²) in [6.45, 7) is 1.48. The molecule has 0 saturated heterocycles. The van der Waals surface area contributed by atoms with E-state index in [1.54, 1.807) is 12.1 Å². The zero-order valence-corrected chi connectivity index (χ0v) is 11.4. The number of amides is 2. The van der Waals surface area contributed by atoms with Crippen LogP contribution in [0.25, 0.3) is 0 Å². The Hall–Kier alpha value is -3.09. The summed E-state index contributed by atoms with van der Waals surface area (Å²) in [5.41, 5.74) is 0.0334. The topological polar surface area (TPSA) is 80.5 Å². The van der Waals surface area contributed by atoms with Crippen LogP contribution in [-0.4, -0.2) is 16.7 Å². The lowest BCUT2D eigenvalue weighted by molar-refractivity contribution is -0.387. The van der Waals surface area contributed by atoms with Gasteiger partial charge in [0.25, 0.3) is 11.8 Å². The minimum atomic E-state index is -1.10. The van der Waals surface area contributed by atoms with Gasteiger partial charge in [-0.15, -0.1) is 0 Å². The summed E-state index contributed by atoms with van der Waals surface area (Å²) in [6, 6.07) is 8.11. The molecule has 2 aromatic rings. The van der Waals surface area contributed by atoms with Crippen molar-refractivity contribution in [3.63, 3.8) is 0 Å². The second-order valence-electron chi connectivity index (χ2n) is 4.84. The Morgan fingerprint density at radius 3 is 2.14 bits per heavy atom. The van der Waals surface area contributed by atoms with Crippen LogP contribution in [0.15, 0.2) is 36.4 Å². The number of hydrogen-bond acceptors (Lipinski definition) is 4. The second kappa shape index (κ2) is 4.73. The van der Waals surface area contributed by atoms with Crippen molar-refractivity contribution in [3.05, 3.63) is 69.0 Å². The molecule has 0 saturated carbocycles. The molecular weight excluding hydrogens is 291 g/mol. The molecule has 110 valence electrons. The molecule has 0 radical (unpaired) electrons. The second-order valence-corrected chi connectivity index (χ2v) is 4.84. The Balaban J connectivity index is 2.14. The van der Waals surface area contributed by atoms with Crippen LogP contribution in [-0.2, 0) is 0 Å². The molecule has 1 heterocycles. The van der Waals surface area contributed by atoms with Gasteiger partial charge < -0.3 is 0 Å². The highest BCUT2D eigenvalue weighted by Crippen LogP contribution is 2.33. The van der Waals surface area contributed by atoms with E-state index in [0.717, 1.165) is 17.0 Å². The van der Waals surface area contributed by atoms with Crippen molar-refractivity contribution < 1.29 is 18.9 Å². The molecule has 0 bridgehead atoms. The molecule has 1 aliphatic heterocycles. The number of anilines is 1. The largest absolute Gasteiger partial charge is 0.305 e. The maximum Gasteiger partial charge on any atom is 0.305 e. The van der Waals surface area contributed by atoms with Gasteiger partial charge in [-0.05, 0) is 24.6 Å². The van der Waals surface area contributed by atoms with Crippen molar-refractivity contribution in [1.82, 2.24) is 0 Å². The minimum Gasteiger partial charge on any atom is -0.268 e. The quantitative estimate of drug-likeness (QED) is 0.485. The molecule has 22 heavy (non-hydrogen) atoms. The Morgan fingerprint density at radius 1 is 1.09 bits per heavy atom. The smallest absolute Gasteiger partial charge is 0.268 e. The number of rotatable bonds is 2. The van der Waals surface area contributed by atoms with Gasteiger partial charge in [0.1, 0.15) is 0 Å². The van der Waals surface area contributed by atoms with Gasteiger partial charge >= 0.3 is 5.69 Å². The fourth-order valence-corrected chi connectivity index (χ4v) is 2.44. The van der Waals surface area contributed by atoms with Crippen LogP contribution in [0.3, 0.4) is 0 Å². The van der Waals surface area contributed by atoms with Gasteiger partial charge in [0.15, 0.2) is 0 Å². The molecule has 0 N–H and O–H groups in total. The van der Waals surface area contributed by atoms with E-state index in [4.69, 9.17) is 0 Å². The van der Waals surface area contributed by atoms with Crippen molar-refractivity contribution in [2.75, 3.05) is 4.90 Å². The number of imide groups is 1. The summed E-state index contributed by atoms with van der Waals surface area (Å²) in [6.07, 6.45) is 0. The lowest BCUT2D eigenvalue weighted by Crippen LogP contribution is -2.30. The van der Waals surface area contributed by atoms with E-state index in [2.05, 4.69) is 0 Å². The standard InChI is InChI=1S/C15H9FN2O4/c1-8-6-13(18(21)22)11(16)7-12(8)17-14(19)9-4-2-3-5-10(9)15(17)20/h2-7H,1H3. The lowest BCUT2D eigenvalue weighted by Gasteiger charge is -2.16. The van der Waals surface area contributed by atoms with E-state index in [9.17, 15) is 24.1 Å². The number of fused-ring (bicyclic) bond motifs is 1. The first kappa shape index (κ1) is 13.9. The Labute approximate surface area is 123 Å². The van der Waals surface area contributed by atoms with Crippen LogP contribution in [0.5, 0.6) is 0 Å². The van der Waals surface area contributed by atoms with Gasteiger partial charge in [-0.3, -0.25) is 19.7 Å². The SMILES string of the molecule is Cc1cc([N+](=O)[O-])c(F)cc1N1C(=O)c2ccccc2C1=O. The number of carbonyl (C=O) groups is 2. The van der Waals surface area contributed by atoms with E-state index >= 15 is 0 Å². The maximum atomic E-state index is 13.8. The summed E-state index contributed by atoms with van der Waals surface area (Å²) >= 11 is 0. The molecule has 0 unspecified atom stereocenters. The maximum absolute atomic E-state index is 13.8. The molecule has 0 aliphatic carbocycles. The number of nitro groups is 1. The van der Waals surface area contributed by atoms with Crippen LogP contribution < -0.4 is 4.90 Å². The summed E-state index contributed by atoms with van der Waals surface area (Å²) in [7, 11) is 0. The van der Waals surface area contributed by atoms with Crippen molar-refractivity contribution >= 4 is 23.2 Å². The molecule has 0 spiro atoms. The third-order valence-corrected chi connectivity index (χ3v) is 3.50. The normalized spacial score (nSPS) is 13.5. The molecule has 2 aromatic carbocycles. The highest BCUT2D eigenvalue weighted by Gasteiger charge is 2.37. The van der Waals surface area contributed by atoms with E-state index in [1.807, 2.05) is 0 Å². The predicted molar refractivity (Wildman–Crippen MR) is 75.4 cm³/mol. The highest BCUT2D eigenvalue weighted by molar-refractivity contribution is 6.34. The lowest BCUT2D eigenvalue weighted by atomic mass is 10.1. The van der Waals surface area contributed by atoms with Crippen molar-refractivity contribution in [2.24, 2.45) is 0 Å². The Morgan fingerprint density at radius 2 is 1.64 bits per heavy atom. The van der Waals surface area contributed by atoms with Gasteiger partial charge in [0.05, 0.1) is 21.7 Å². The zero-order valence-electron chi connectivity index (χ0n) is 11.4. The monoisotopic (exact) mass is 300 g/mol. The summed E-state index contributed by atoms with van der Waals surface area (Å²) in [5.74, 6) is -2.24. The van der Waals surface area contributed by atoms with Crippen molar-refractivity contribution in [1.29, 1.82) is 0 Å². The molecule has 1 aliphatic rings. The molecule has 6 nitrogen and oxygen atoms in total. The predicted octanol–water partition coefficient (Wildman–Crippen LogP) is 2.84.